The molecule has 2 aromatic rings. The molecule has 0 bridgehead atoms. The molecule has 19 nitrogen and oxygen atoms in total. The highest BCUT2D eigenvalue weighted by Crippen LogP contribution is 2.45. The summed E-state index contributed by atoms with van der Waals surface area (Å²) in [7, 11) is 2.78. The Hall–Kier alpha value is -3.35. The van der Waals surface area contributed by atoms with E-state index in [0.29, 0.717) is 30.6 Å². The van der Waals surface area contributed by atoms with Gasteiger partial charge in [-0.3, -0.25) is 14.4 Å². The molecule has 3 fully saturated rings. The van der Waals surface area contributed by atoms with Crippen LogP contribution in [0.15, 0.2) is 35.4 Å². The minimum absolute atomic E-state index is 0.0434. The Morgan fingerprint density at radius 2 is 1.60 bits per heavy atom. The third kappa shape index (κ3) is 13.1. The SMILES string of the molecule is CC[C@H]1OC(=O)[C@H](C)C([C@H]2C[C@@](C)(OC)C(=O)[C@H](C)O2)[C@H](C)[C@@H](O[C@@H]2O[C@H](C)C[C@H](N(C)CCc3cn([C@H](CF)[C@H](OC)c4ccc(S(C)(=O)=O)cc4)nn3)[C@H]2O)[C@](C)(OC)C[C@@H](C)C(=O)[C@H](C)[C@@H](O)[C@]1(C)O. The maximum atomic E-state index is 14.8. The average Bonchev–Trinajstić information content (AvgIpc) is 3.82. The molecule has 0 aliphatic carbocycles. The van der Waals surface area contributed by atoms with Gasteiger partial charge in [-0.25, -0.2) is 17.5 Å². The number of ketones is 2. The summed E-state index contributed by atoms with van der Waals surface area (Å²) in [6.07, 6.45) is -5.67. The predicted octanol–water partition coefficient (Wildman–Crippen LogP) is 4.43. The van der Waals surface area contributed by atoms with E-state index >= 15 is 0 Å². The summed E-state index contributed by atoms with van der Waals surface area (Å²) in [6.45, 7) is 16.4. The molecule has 3 aliphatic rings. The average molecular weight is 1060 g/mol. The molecule has 3 saturated heterocycles. The van der Waals surface area contributed by atoms with Gasteiger partial charge in [-0.1, -0.05) is 52.0 Å². The topological polar surface area (TPSA) is 245 Å². The van der Waals surface area contributed by atoms with Gasteiger partial charge in [-0.2, -0.15) is 0 Å². The Morgan fingerprint density at radius 3 is 2.16 bits per heavy atom. The van der Waals surface area contributed by atoms with E-state index < -0.39 is 136 Å². The Morgan fingerprint density at radius 1 is 0.959 bits per heavy atom. The van der Waals surface area contributed by atoms with Crippen molar-refractivity contribution >= 4 is 27.4 Å². The summed E-state index contributed by atoms with van der Waals surface area (Å²) in [4.78, 5) is 44.5. The fourth-order valence-electron chi connectivity index (χ4n) is 11.7. The van der Waals surface area contributed by atoms with Gasteiger partial charge in [0, 0.05) is 77.0 Å². The second-order valence-electron chi connectivity index (χ2n) is 21.7. The summed E-state index contributed by atoms with van der Waals surface area (Å²) in [5.41, 5.74) is -3.55. The van der Waals surface area contributed by atoms with Crippen molar-refractivity contribution in [2.24, 2.45) is 29.6 Å². The van der Waals surface area contributed by atoms with Crippen molar-refractivity contribution in [1.29, 1.82) is 0 Å². The second kappa shape index (κ2) is 24.3. The van der Waals surface area contributed by atoms with Gasteiger partial charge in [0.15, 0.2) is 21.9 Å². The van der Waals surface area contributed by atoms with Crippen molar-refractivity contribution in [2.75, 3.05) is 47.9 Å². The van der Waals surface area contributed by atoms with E-state index in [9.17, 15) is 42.5 Å². The summed E-state index contributed by atoms with van der Waals surface area (Å²) in [5.74, 6) is -5.73. The van der Waals surface area contributed by atoms with Crippen LogP contribution in [0.5, 0.6) is 0 Å². The molecule has 1 aromatic heterocycles. The number of ether oxygens (including phenoxy) is 7. The lowest BCUT2D eigenvalue weighted by Crippen LogP contribution is -2.62. The first kappa shape index (κ1) is 60.5. The van der Waals surface area contributed by atoms with Crippen LogP contribution < -0.4 is 0 Å². The van der Waals surface area contributed by atoms with Gasteiger partial charge in [0.2, 0.25) is 0 Å². The normalized spacial score (nSPS) is 38.4. The van der Waals surface area contributed by atoms with E-state index in [0.717, 1.165) is 6.26 Å². The summed E-state index contributed by atoms with van der Waals surface area (Å²) in [6, 6.07) is 4.63. The highest BCUT2D eigenvalue weighted by atomic mass is 32.2. The van der Waals surface area contributed by atoms with Crippen LogP contribution in [-0.4, -0.2) is 181 Å². The quantitative estimate of drug-likeness (QED) is 0.197. The monoisotopic (exact) mass is 1050 g/mol. The highest BCUT2D eigenvalue weighted by molar-refractivity contribution is 7.90. The number of esters is 1. The standard InChI is InChI=1S/C52H83FN4O15S/c1-16-40-52(10,63)45(60)32(6)42(58)28(2)24-51(9,68-14)47(30(4)41(31(5)48(62)71-40)39-25-50(8,67-13)46(61)33(7)70-39)72-49-43(59)37(23-29(3)69-49)56(11)22-21-35-27-57(55-54-35)38(26-53)44(66-12)34-17-19-36(20-18-34)73(15,64)65/h17-20,27-33,37-41,43-45,47,49,59-60,63H,16,21-26H2,1-15H3/t28-,29-,30+,31-,32+,33+,37+,38-,39-,40-,41?,43-,44-,45-,47-,49+,50-,51-,52-/m1/s1. The molecule has 1 unspecified atom stereocenters. The van der Waals surface area contributed by atoms with Crippen molar-refractivity contribution in [3.05, 3.63) is 41.7 Å². The number of aliphatic hydroxyl groups excluding tert-OH is 2. The minimum Gasteiger partial charge on any atom is -0.459 e. The van der Waals surface area contributed by atoms with Crippen molar-refractivity contribution in [3.63, 3.8) is 0 Å². The van der Waals surface area contributed by atoms with E-state index in [-0.39, 0.29) is 35.7 Å². The van der Waals surface area contributed by atoms with Gasteiger partial charge in [0.05, 0.1) is 46.5 Å². The number of alkyl halides is 1. The third-order valence-electron chi connectivity index (χ3n) is 16.3. The third-order valence-corrected chi connectivity index (χ3v) is 17.4. The Bertz CT molecular complexity index is 2290. The zero-order valence-corrected chi connectivity index (χ0v) is 46.2. The number of rotatable bonds is 16. The second-order valence-corrected chi connectivity index (χ2v) is 23.7. The molecule has 0 saturated carbocycles. The van der Waals surface area contributed by atoms with E-state index in [2.05, 4.69) is 10.3 Å². The number of nitrogens with zero attached hydrogens (tertiary/aromatic N) is 4. The molecule has 19 atom stereocenters. The van der Waals surface area contributed by atoms with Crippen LogP contribution in [-0.2, 0) is 63.8 Å². The number of methoxy groups -OCH3 is 3. The molecule has 5 rings (SSSR count). The zero-order valence-electron chi connectivity index (χ0n) is 45.4. The first-order chi connectivity index (χ1) is 34.0. The Kier molecular flexibility index (Phi) is 20.2. The smallest absolute Gasteiger partial charge is 0.309 e. The number of likely N-dealkylation sites (N-methyl/N-ethyl adjacent to an activating group) is 1. The number of aromatic nitrogens is 3. The van der Waals surface area contributed by atoms with Crippen LogP contribution in [0.1, 0.15) is 118 Å². The van der Waals surface area contributed by atoms with Gasteiger partial charge in [0.25, 0.3) is 0 Å². The van der Waals surface area contributed by atoms with E-state index in [1.165, 1.54) is 52.0 Å². The molecule has 3 N–H and O–H groups in total. The van der Waals surface area contributed by atoms with Crippen molar-refractivity contribution < 1.29 is 75.7 Å². The molecule has 73 heavy (non-hydrogen) atoms. The van der Waals surface area contributed by atoms with Crippen LogP contribution >= 0.6 is 0 Å². The van der Waals surface area contributed by atoms with Gasteiger partial charge in [0.1, 0.15) is 54.1 Å². The summed E-state index contributed by atoms with van der Waals surface area (Å²) >= 11 is 0. The number of Topliss-reactive ketones (excluding diaryl/α,β-unsaturated/α-hetero) is 2. The van der Waals surface area contributed by atoms with Crippen molar-refractivity contribution in [1.82, 2.24) is 19.9 Å². The van der Waals surface area contributed by atoms with Crippen LogP contribution in [0, 0.1) is 29.6 Å². The molecule has 0 spiro atoms. The minimum atomic E-state index is -3.44. The lowest BCUT2D eigenvalue weighted by molar-refractivity contribution is -0.303. The largest absolute Gasteiger partial charge is 0.459 e. The van der Waals surface area contributed by atoms with Gasteiger partial charge < -0.3 is 53.4 Å². The molecular formula is C52H83FN4O15S. The number of hydrogen-bond donors (Lipinski definition) is 3. The predicted molar refractivity (Wildman–Crippen MR) is 266 cm³/mol. The first-order valence-electron chi connectivity index (χ1n) is 25.5. The van der Waals surface area contributed by atoms with Crippen molar-refractivity contribution in [3.8, 4) is 0 Å². The fraction of sp³-hybridized carbons (Fsp3) is 0.788. The number of carbonyl (C=O) groups is 3. The number of sulfone groups is 1. The molecule has 414 valence electrons. The molecule has 3 aliphatic heterocycles. The number of halogens is 1. The van der Waals surface area contributed by atoms with E-state index in [4.69, 9.17) is 33.2 Å². The molecule has 21 heteroatoms. The molecule has 0 amide bonds. The molecule has 1 aromatic carbocycles. The van der Waals surface area contributed by atoms with Crippen LogP contribution in [0.3, 0.4) is 0 Å². The Balaban J connectivity index is 1.48. The van der Waals surface area contributed by atoms with E-state index in [1.807, 2.05) is 25.8 Å². The van der Waals surface area contributed by atoms with Crippen LogP contribution in [0.4, 0.5) is 4.39 Å². The molecular weight excluding hydrogens is 972 g/mol. The number of aliphatic hydroxyl groups is 3. The summed E-state index contributed by atoms with van der Waals surface area (Å²) < 4.78 is 84.3. The fourth-order valence-corrected chi connectivity index (χ4v) is 12.3. The van der Waals surface area contributed by atoms with Gasteiger partial charge in [-0.05, 0) is 84.5 Å². The van der Waals surface area contributed by atoms with Crippen LogP contribution in [0.25, 0.3) is 0 Å². The molecule has 0 radical (unpaired) electrons. The lowest BCUT2D eigenvalue weighted by atomic mass is 9.68. The van der Waals surface area contributed by atoms with Crippen LogP contribution in [0.2, 0.25) is 0 Å². The Labute approximate surface area is 431 Å². The van der Waals surface area contributed by atoms with Gasteiger partial charge in [-0.15, -0.1) is 5.10 Å². The van der Waals surface area contributed by atoms with E-state index in [1.54, 1.807) is 59.9 Å². The zero-order chi connectivity index (χ0) is 54.7. The lowest BCUT2D eigenvalue weighted by Gasteiger charge is -2.51. The first-order valence-corrected chi connectivity index (χ1v) is 27.4. The van der Waals surface area contributed by atoms with Crippen molar-refractivity contribution in [2.45, 2.75) is 190 Å². The maximum Gasteiger partial charge on any atom is 0.309 e. The maximum absolute atomic E-state index is 14.8. The number of benzene rings is 1. The number of carbonyl (C=O) groups excluding carboxylic acids is 3. The van der Waals surface area contributed by atoms with Gasteiger partial charge >= 0.3 is 5.97 Å². The highest BCUT2D eigenvalue weighted by Gasteiger charge is 2.56. The number of cyclic esters (lactones) is 1. The summed E-state index contributed by atoms with van der Waals surface area (Å²) in [5, 5.41) is 44.4. The molecule has 4 heterocycles. The number of hydrogen-bond acceptors (Lipinski definition) is 18.